The van der Waals surface area contributed by atoms with E-state index >= 15 is 0 Å². The predicted octanol–water partition coefficient (Wildman–Crippen LogP) is 0.215. The standard InChI is InChI=1S/C48H92N5O10.2C2H4O2.Lu.H2O/c1-7-35-36(8-2)40-28-42-38(12-10-14-55)34(4)46(53-42)32-50-44-30-48(63-26-24-61-22-20-59-18-16-57-6)47(62-25-23-60-21-19-58-17-15-56-5)29-43(44)49-31-45-33(3)37(11-9-13-54)41(52-45)27-39(35)51-40;2*1-2(3)4;;/h33-50,52-55H,7-32H2,1-6H3;2*1H3,(H,3,4);;1H2/q-1;;;+3;/p-2. The van der Waals surface area contributed by atoms with E-state index < -0.39 is 11.9 Å². The van der Waals surface area contributed by atoms with Gasteiger partial charge in [0.05, 0.1) is 91.5 Å². The summed E-state index contributed by atoms with van der Waals surface area (Å²) < 4.78 is 46.5. The summed E-state index contributed by atoms with van der Waals surface area (Å²) in [6.45, 7) is 20.0. The Morgan fingerprint density at radius 3 is 1.18 bits per heavy atom. The van der Waals surface area contributed by atoms with Crippen molar-refractivity contribution in [3.05, 3.63) is 5.32 Å². The van der Waals surface area contributed by atoms with E-state index in [4.69, 9.17) is 63.0 Å². The van der Waals surface area contributed by atoms with Crippen molar-refractivity contribution in [2.24, 2.45) is 35.5 Å². The van der Waals surface area contributed by atoms with Crippen molar-refractivity contribution in [2.45, 2.75) is 166 Å². The smallest absolute Gasteiger partial charge is 0.656 e. The van der Waals surface area contributed by atoms with Crippen LogP contribution >= 0.6 is 0 Å². The number of carboxylic acids is 2. The van der Waals surface area contributed by atoms with E-state index in [1.807, 2.05) is 0 Å². The maximum atomic E-state index is 9.98. The number of ether oxygens (including phenoxy) is 8. The van der Waals surface area contributed by atoms with Gasteiger partial charge in [-0.1, -0.05) is 65.2 Å². The molecule has 0 aromatic rings. The van der Waals surface area contributed by atoms with Crippen molar-refractivity contribution in [2.75, 3.05) is 120 Å². The predicted molar refractivity (Wildman–Crippen MR) is 271 cm³/mol. The van der Waals surface area contributed by atoms with Crippen molar-refractivity contribution >= 4 is 11.9 Å². The van der Waals surface area contributed by atoms with E-state index in [1.165, 1.54) is 0 Å². The first kappa shape index (κ1) is 70.5. The number of carbonyl (C=O) groups is 2. The molecule has 8 N–H and O–H groups in total. The quantitative estimate of drug-likeness (QED) is 0.0571. The average molecular weight is 1210 g/mol. The molecule has 20 nitrogen and oxygen atoms in total. The molecular weight excluding hydrogens is 1110 g/mol. The third-order valence-corrected chi connectivity index (χ3v) is 15.6. The van der Waals surface area contributed by atoms with E-state index in [9.17, 15) is 10.2 Å². The van der Waals surface area contributed by atoms with Crippen LogP contribution < -0.4 is 31.5 Å². The molecule has 5 aliphatic rings. The Morgan fingerprint density at radius 2 is 0.863 bits per heavy atom. The fourth-order valence-electron chi connectivity index (χ4n) is 12.1. The molecule has 4 saturated heterocycles. The van der Waals surface area contributed by atoms with Gasteiger partial charge in [0.1, 0.15) is 0 Å². The number of aliphatic hydroxyl groups excluding tert-OH is 2. The van der Waals surface area contributed by atoms with Crippen LogP contribution in [0.1, 0.15) is 106 Å². The van der Waals surface area contributed by atoms with Gasteiger partial charge in [0.25, 0.3) is 0 Å². The Kier molecular flexibility index (Phi) is 40.2. The Bertz CT molecular complexity index is 1280. The summed E-state index contributed by atoms with van der Waals surface area (Å²) in [6, 6.07) is 2.43. The van der Waals surface area contributed by atoms with Gasteiger partial charge in [-0.2, -0.15) is 0 Å². The van der Waals surface area contributed by atoms with Crippen molar-refractivity contribution in [3.63, 3.8) is 0 Å². The summed E-state index contributed by atoms with van der Waals surface area (Å²) in [5.41, 5.74) is 0. The van der Waals surface area contributed by atoms with Gasteiger partial charge in [-0.15, -0.1) is 12.1 Å². The molecule has 6 bridgehead atoms. The van der Waals surface area contributed by atoms with Crippen LogP contribution in [0, 0.1) is 72.4 Å². The summed E-state index contributed by atoms with van der Waals surface area (Å²) in [5.74, 6) is 0.961. The number of nitrogens with one attached hydrogen (secondary N) is 4. The second-order valence-electron chi connectivity index (χ2n) is 20.2. The topological polar surface area (TPSA) is 288 Å². The summed E-state index contributed by atoms with van der Waals surface area (Å²) in [4.78, 5) is 17.8. The normalized spacial score (nSPS) is 32.9. The number of methoxy groups -OCH3 is 2. The summed E-state index contributed by atoms with van der Waals surface area (Å²) in [5, 5.41) is 60.1. The fourth-order valence-corrected chi connectivity index (χ4v) is 12.1. The number of carbonyl (C=O) groups excluding carboxylic acids is 2. The van der Waals surface area contributed by atoms with Gasteiger partial charge in [-0.3, -0.25) is 0 Å². The van der Waals surface area contributed by atoms with Crippen LogP contribution in [0.25, 0.3) is 5.32 Å². The SMILES string of the molecule is CC(=O)[O-].CC(=O)[O-].CCC1C2CC3NC(CNC4CC(OCCOCCOCCOC)C(OCCOCCOCCOC)CC4NCC4NC(CC([N-]2)C1CC)C(CCCO)C4C)C(C)C3CCCO.O.[Lu+3]. The van der Waals surface area contributed by atoms with Crippen molar-refractivity contribution < 1.29 is 110 Å². The molecule has 438 valence electrons. The van der Waals surface area contributed by atoms with E-state index in [0.29, 0.717) is 151 Å². The van der Waals surface area contributed by atoms with Gasteiger partial charge in [-0.05, 0) is 76.0 Å². The number of carboxylic acid groups (broad SMARTS) is 2. The number of aliphatic carboxylic acids is 2. The van der Waals surface area contributed by atoms with Crippen LogP contribution in [0.3, 0.4) is 0 Å². The molecule has 0 aromatic heterocycles. The minimum absolute atomic E-state index is 0. The summed E-state index contributed by atoms with van der Waals surface area (Å²) in [6.07, 6.45) is 9.59. The Balaban J connectivity index is 0.00000248. The number of fused-ring (bicyclic) bond motifs is 7. The minimum atomic E-state index is -1.08. The van der Waals surface area contributed by atoms with E-state index in [2.05, 4.69) is 49.0 Å². The molecule has 4 aliphatic heterocycles. The van der Waals surface area contributed by atoms with Gasteiger partial charge >= 0.3 is 36.9 Å². The molecule has 4 heterocycles. The van der Waals surface area contributed by atoms with Crippen LogP contribution in [0.15, 0.2) is 0 Å². The van der Waals surface area contributed by atoms with Crippen molar-refractivity contribution in [1.29, 1.82) is 0 Å². The summed E-state index contributed by atoms with van der Waals surface area (Å²) >= 11 is 0. The molecule has 16 atom stereocenters. The second kappa shape index (κ2) is 41.6. The Morgan fingerprint density at radius 1 is 0.534 bits per heavy atom. The monoisotopic (exact) mass is 1210 g/mol. The number of rotatable bonds is 28. The minimum Gasteiger partial charge on any atom is -0.656 e. The molecule has 73 heavy (non-hydrogen) atoms. The molecule has 16 unspecified atom stereocenters. The molecule has 1 saturated carbocycles. The van der Waals surface area contributed by atoms with E-state index in [-0.39, 0.29) is 79.9 Å². The first-order valence-corrected chi connectivity index (χ1v) is 27.1. The Hall–Kier alpha value is -0.466. The maximum absolute atomic E-state index is 9.98. The molecule has 21 heteroatoms. The van der Waals surface area contributed by atoms with Gasteiger partial charge < -0.3 is 100.0 Å². The summed E-state index contributed by atoms with van der Waals surface area (Å²) in [7, 11) is 3.35. The van der Waals surface area contributed by atoms with Crippen LogP contribution in [0.4, 0.5) is 0 Å². The van der Waals surface area contributed by atoms with Crippen LogP contribution in [0.5, 0.6) is 0 Å². The molecule has 0 aromatic carbocycles. The Labute approximate surface area is 467 Å². The van der Waals surface area contributed by atoms with Crippen LogP contribution in [0.2, 0.25) is 0 Å². The largest absolute Gasteiger partial charge is 3.00 e. The molecule has 1 aliphatic carbocycles. The average Bonchev–Trinajstić information content (AvgIpc) is 3.94. The second-order valence-corrected chi connectivity index (χ2v) is 20.2. The zero-order valence-corrected chi connectivity index (χ0v) is 47.3. The van der Waals surface area contributed by atoms with Gasteiger partial charge in [-0.25, -0.2) is 0 Å². The molecule has 5 rings (SSSR count). The number of nitrogens with zero attached hydrogens (tertiary/aromatic N) is 1. The molecule has 5 fully saturated rings. The zero-order valence-electron chi connectivity index (χ0n) is 45.6. The van der Waals surface area contributed by atoms with Crippen LogP contribution in [-0.2, 0) is 47.5 Å². The fraction of sp³-hybridized carbons (Fsp3) is 0.962. The van der Waals surface area contributed by atoms with Gasteiger partial charge in [0, 0.05) is 88.7 Å². The maximum Gasteiger partial charge on any atom is 3.00 e. The first-order valence-electron chi connectivity index (χ1n) is 27.1. The van der Waals surface area contributed by atoms with Crippen molar-refractivity contribution in [3.8, 4) is 0 Å². The van der Waals surface area contributed by atoms with E-state index in [1.54, 1.807) is 14.2 Å². The zero-order chi connectivity index (χ0) is 52.0. The number of hydrogen-bond donors (Lipinski definition) is 6. The van der Waals surface area contributed by atoms with Crippen molar-refractivity contribution in [1.82, 2.24) is 21.3 Å². The van der Waals surface area contributed by atoms with Crippen LogP contribution in [-0.4, -0.2) is 208 Å². The number of hydrogen-bond acceptors (Lipinski definition) is 18. The molecule has 0 radical (unpaired) electrons. The third kappa shape index (κ3) is 25.9. The number of aliphatic hydroxyl groups is 2. The molecule has 0 amide bonds. The molecule has 0 spiro atoms. The van der Waals surface area contributed by atoms with Gasteiger partial charge in [0.15, 0.2) is 0 Å². The van der Waals surface area contributed by atoms with E-state index in [0.717, 1.165) is 91.1 Å². The first-order chi connectivity index (χ1) is 34.3. The molecular formula is C52H100LuN5O15. The van der Waals surface area contributed by atoms with Gasteiger partial charge in [0.2, 0.25) is 0 Å². The third-order valence-electron chi connectivity index (χ3n) is 15.6.